The van der Waals surface area contributed by atoms with Crippen LogP contribution in [0.4, 0.5) is 21.9 Å². The zero-order valence-electron chi connectivity index (χ0n) is 15.5. The van der Waals surface area contributed by atoms with Crippen molar-refractivity contribution >= 4 is 35.0 Å². The van der Waals surface area contributed by atoms with E-state index in [0.29, 0.717) is 30.8 Å². The number of benzene rings is 2. The van der Waals surface area contributed by atoms with Crippen molar-refractivity contribution in [2.45, 2.75) is 32.1 Å². The van der Waals surface area contributed by atoms with E-state index in [0.717, 1.165) is 24.1 Å². The molecule has 0 aliphatic carbocycles. The minimum absolute atomic E-state index is 0.0393. The Morgan fingerprint density at radius 1 is 1.00 bits per heavy atom. The molecule has 28 heavy (non-hydrogen) atoms. The van der Waals surface area contributed by atoms with Gasteiger partial charge in [-0.25, -0.2) is 4.79 Å². The lowest BCUT2D eigenvalue weighted by molar-refractivity contribution is -0.137. The summed E-state index contributed by atoms with van der Waals surface area (Å²) in [5, 5.41) is 14.3. The van der Waals surface area contributed by atoms with Gasteiger partial charge in [0.1, 0.15) is 0 Å². The molecule has 0 aromatic heterocycles. The molecule has 7 nitrogen and oxygen atoms in total. The summed E-state index contributed by atoms with van der Waals surface area (Å²) in [6, 6.07) is 13.9. The number of aryl methyl sites for hydroxylation is 1. The highest BCUT2D eigenvalue weighted by Gasteiger charge is 2.19. The fraction of sp³-hybridized carbons (Fsp3) is 0.286. The molecule has 0 bridgehead atoms. The standard InChI is InChI=1S/C21H23N3O4/c25-19-9-1-2-12-24(19)18-8-4-7-17(14-18)23-21(28)22-16-6-3-5-15(13-16)10-11-20(26)27/h3-8,13-14H,1-2,9-12H2,(H,26,27)(H2,22,23,28). The van der Waals surface area contributed by atoms with E-state index in [1.54, 1.807) is 41.3 Å². The van der Waals surface area contributed by atoms with Gasteiger partial charge < -0.3 is 20.6 Å². The molecule has 1 fully saturated rings. The number of carbonyl (C=O) groups excluding carboxylic acids is 2. The van der Waals surface area contributed by atoms with Gasteiger partial charge in [-0.1, -0.05) is 18.2 Å². The van der Waals surface area contributed by atoms with Crippen molar-refractivity contribution < 1.29 is 19.5 Å². The largest absolute Gasteiger partial charge is 0.481 e. The highest BCUT2D eigenvalue weighted by Crippen LogP contribution is 2.24. The maximum absolute atomic E-state index is 12.3. The van der Waals surface area contributed by atoms with Crippen LogP contribution in [0.3, 0.4) is 0 Å². The van der Waals surface area contributed by atoms with Gasteiger partial charge in [0.15, 0.2) is 0 Å². The first-order valence-electron chi connectivity index (χ1n) is 9.30. The molecule has 1 aliphatic heterocycles. The molecule has 0 atom stereocenters. The van der Waals surface area contributed by atoms with Crippen molar-refractivity contribution in [3.63, 3.8) is 0 Å². The molecule has 7 heteroatoms. The van der Waals surface area contributed by atoms with Gasteiger partial charge in [0.25, 0.3) is 0 Å². The summed E-state index contributed by atoms with van der Waals surface area (Å²) in [5.74, 6) is -0.755. The third-order valence-corrected chi connectivity index (χ3v) is 4.55. The van der Waals surface area contributed by atoms with Crippen LogP contribution < -0.4 is 15.5 Å². The van der Waals surface area contributed by atoms with Gasteiger partial charge in [-0.2, -0.15) is 0 Å². The van der Waals surface area contributed by atoms with Crippen LogP contribution in [0.25, 0.3) is 0 Å². The fourth-order valence-corrected chi connectivity index (χ4v) is 3.18. The number of carboxylic acid groups (broad SMARTS) is 1. The zero-order chi connectivity index (χ0) is 19.9. The molecule has 0 spiro atoms. The summed E-state index contributed by atoms with van der Waals surface area (Å²) in [4.78, 5) is 36.8. The number of nitrogens with one attached hydrogen (secondary N) is 2. The number of amides is 3. The highest BCUT2D eigenvalue weighted by molar-refractivity contribution is 6.01. The highest BCUT2D eigenvalue weighted by atomic mass is 16.4. The second-order valence-electron chi connectivity index (χ2n) is 6.73. The van der Waals surface area contributed by atoms with Crippen LogP contribution in [0, 0.1) is 0 Å². The Morgan fingerprint density at radius 2 is 1.71 bits per heavy atom. The predicted octanol–water partition coefficient (Wildman–Crippen LogP) is 3.86. The van der Waals surface area contributed by atoms with E-state index in [-0.39, 0.29) is 12.3 Å². The van der Waals surface area contributed by atoms with E-state index in [2.05, 4.69) is 10.6 Å². The SMILES string of the molecule is O=C(O)CCc1cccc(NC(=O)Nc2cccc(N3CCCCC3=O)c2)c1. The van der Waals surface area contributed by atoms with E-state index < -0.39 is 12.0 Å². The molecular formula is C21H23N3O4. The summed E-state index contributed by atoms with van der Waals surface area (Å²) in [6.07, 6.45) is 2.88. The lowest BCUT2D eigenvalue weighted by atomic mass is 10.1. The van der Waals surface area contributed by atoms with Crippen LogP contribution in [0.5, 0.6) is 0 Å². The van der Waals surface area contributed by atoms with Crippen molar-refractivity contribution in [3.8, 4) is 0 Å². The summed E-state index contributed by atoms with van der Waals surface area (Å²) in [6.45, 7) is 0.692. The molecule has 0 unspecified atom stereocenters. The second-order valence-corrected chi connectivity index (χ2v) is 6.73. The smallest absolute Gasteiger partial charge is 0.323 e. The zero-order valence-corrected chi connectivity index (χ0v) is 15.5. The second kappa shape index (κ2) is 9.03. The average molecular weight is 381 g/mol. The maximum atomic E-state index is 12.3. The van der Waals surface area contributed by atoms with Crippen LogP contribution in [0.15, 0.2) is 48.5 Å². The molecular weight excluding hydrogens is 358 g/mol. The van der Waals surface area contributed by atoms with Gasteiger partial charge >= 0.3 is 12.0 Å². The number of piperidine rings is 1. The van der Waals surface area contributed by atoms with Gasteiger partial charge in [-0.05, 0) is 55.2 Å². The monoisotopic (exact) mass is 381 g/mol. The Kier molecular flexibility index (Phi) is 6.26. The lowest BCUT2D eigenvalue weighted by Crippen LogP contribution is -2.35. The molecule has 146 valence electrons. The van der Waals surface area contributed by atoms with Crippen LogP contribution in [0.2, 0.25) is 0 Å². The first kappa shape index (κ1) is 19.4. The number of anilines is 3. The first-order chi connectivity index (χ1) is 13.5. The van der Waals surface area contributed by atoms with E-state index in [1.165, 1.54) is 0 Å². The average Bonchev–Trinajstić information content (AvgIpc) is 2.67. The van der Waals surface area contributed by atoms with Crippen molar-refractivity contribution in [1.29, 1.82) is 0 Å². The Hall–Kier alpha value is -3.35. The van der Waals surface area contributed by atoms with Gasteiger partial charge in [0.2, 0.25) is 5.91 Å². The van der Waals surface area contributed by atoms with Gasteiger partial charge in [0.05, 0.1) is 0 Å². The molecule has 2 aromatic rings. The third-order valence-electron chi connectivity index (χ3n) is 4.55. The van der Waals surface area contributed by atoms with Crippen LogP contribution in [-0.4, -0.2) is 29.6 Å². The maximum Gasteiger partial charge on any atom is 0.323 e. The number of hydrogen-bond acceptors (Lipinski definition) is 3. The number of hydrogen-bond donors (Lipinski definition) is 3. The molecule has 1 heterocycles. The van der Waals surface area contributed by atoms with Crippen molar-refractivity contribution in [1.82, 2.24) is 0 Å². The third kappa shape index (κ3) is 5.33. The minimum atomic E-state index is -0.858. The predicted molar refractivity (Wildman–Crippen MR) is 108 cm³/mol. The Balaban J connectivity index is 1.62. The number of rotatable bonds is 6. The number of carbonyl (C=O) groups is 3. The van der Waals surface area contributed by atoms with Gasteiger partial charge in [0, 0.05) is 36.4 Å². The number of nitrogens with zero attached hydrogens (tertiary/aromatic N) is 1. The Labute approximate surface area is 163 Å². The van der Waals surface area contributed by atoms with Gasteiger partial charge in [-0.15, -0.1) is 0 Å². The minimum Gasteiger partial charge on any atom is -0.481 e. The Morgan fingerprint density at radius 3 is 2.43 bits per heavy atom. The lowest BCUT2D eigenvalue weighted by Gasteiger charge is -2.27. The number of carboxylic acids is 1. The molecule has 3 N–H and O–H groups in total. The molecule has 0 saturated carbocycles. The van der Waals surface area contributed by atoms with E-state index in [9.17, 15) is 14.4 Å². The molecule has 2 aromatic carbocycles. The Bertz CT molecular complexity index is 881. The number of aliphatic carboxylic acids is 1. The van der Waals surface area contributed by atoms with Gasteiger partial charge in [-0.3, -0.25) is 9.59 Å². The summed E-state index contributed by atoms with van der Waals surface area (Å²) >= 11 is 0. The summed E-state index contributed by atoms with van der Waals surface area (Å²) in [7, 11) is 0. The fourth-order valence-electron chi connectivity index (χ4n) is 3.18. The topological polar surface area (TPSA) is 98.7 Å². The van der Waals surface area contributed by atoms with Crippen molar-refractivity contribution in [3.05, 3.63) is 54.1 Å². The molecule has 0 radical (unpaired) electrons. The van der Waals surface area contributed by atoms with Crippen molar-refractivity contribution in [2.75, 3.05) is 22.1 Å². The van der Waals surface area contributed by atoms with E-state index in [4.69, 9.17) is 5.11 Å². The molecule has 3 rings (SSSR count). The van der Waals surface area contributed by atoms with Crippen molar-refractivity contribution in [2.24, 2.45) is 0 Å². The van der Waals surface area contributed by atoms with E-state index in [1.807, 2.05) is 12.1 Å². The normalized spacial score (nSPS) is 13.9. The summed E-state index contributed by atoms with van der Waals surface area (Å²) < 4.78 is 0. The number of urea groups is 1. The van der Waals surface area contributed by atoms with Crippen LogP contribution >= 0.6 is 0 Å². The molecule has 3 amide bonds. The van der Waals surface area contributed by atoms with Crippen LogP contribution in [-0.2, 0) is 16.0 Å². The summed E-state index contributed by atoms with van der Waals surface area (Å²) in [5.41, 5.74) is 2.79. The molecule has 1 saturated heterocycles. The van der Waals surface area contributed by atoms with Crippen LogP contribution in [0.1, 0.15) is 31.2 Å². The van der Waals surface area contributed by atoms with E-state index >= 15 is 0 Å². The molecule has 1 aliphatic rings. The quantitative estimate of drug-likeness (QED) is 0.707. The first-order valence-corrected chi connectivity index (χ1v) is 9.30.